The lowest BCUT2D eigenvalue weighted by atomic mass is 10.1. The van der Waals surface area contributed by atoms with Gasteiger partial charge in [-0.25, -0.2) is 4.85 Å². The molecule has 0 fully saturated rings. The van der Waals surface area contributed by atoms with Gasteiger partial charge in [0.2, 0.25) is 0 Å². The molecule has 2 heterocycles. The molecule has 0 unspecified atom stereocenters. The first-order valence-corrected chi connectivity index (χ1v) is 8.78. The summed E-state index contributed by atoms with van der Waals surface area (Å²) in [6.07, 6.45) is -3.15. The molecule has 0 atom stereocenters. The molecule has 4 rings (SSSR count). The standard InChI is InChI=1S/C21H13F3N4O2/c1-12(29)13-3-5-14(6-4-13)20-26-18(27-30-20)11-28-10-9-15-17(28)8-7-16(25-2)19(15)21(22,23)24/h3-10H,11H2,1H3. The minimum absolute atomic E-state index is 0.0560. The van der Waals surface area contributed by atoms with Crippen LogP contribution in [0.5, 0.6) is 0 Å². The Hall–Kier alpha value is -3.93. The fourth-order valence-corrected chi connectivity index (χ4v) is 3.23. The van der Waals surface area contributed by atoms with Crippen molar-refractivity contribution in [3.05, 3.63) is 77.0 Å². The molecule has 0 radical (unpaired) electrons. The zero-order valence-corrected chi connectivity index (χ0v) is 15.6. The second-order valence-electron chi connectivity index (χ2n) is 6.59. The van der Waals surface area contributed by atoms with Crippen molar-refractivity contribution in [3.63, 3.8) is 0 Å². The third-order valence-corrected chi connectivity index (χ3v) is 4.65. The highest BCUT2D eigenvalue weighted by Gasteiger charge is 2.36. The van der Waals surface area contributed by atoms with E-state index in [0.29, 0.717) is 16.6 Å². The van der Waals surface area contributed by atoms with Gasteiger partial charge in [-0.3, -0.25) is 4.79 Å². The summed E-state index contributed by atoms with van der Waals surface area (Å²) in [4.78, 5) is 18.6. The van der Waals surface area contributed by atoms with E-state index in [1.807, 2.05) is 0 Å². The molecule has 0 aliphatic carbocycles. The van der Waals surface area contributed by atoms with Gasteiger partial charge in [0, 0.05) is 28.2 Å². The van der Waals surface area contributed by atoms with Crippen LogP contribution < -0.4 is 0 Å². The smallest absolute Gasteiger partial charge is 0.340 e. The molecule has 0 saturated heterocycles. The lowest BCUT2D eigenvalue weighted by Gasteiger charge is -2.11. The SMILES string of the molecule is [C-]#[N+]c1ccc2c(ccn2Cc2noc(-c3ccc(C(C)=O)cc3)n2)c1C(F)(F)F. The number of aromatic nitrogens is 3. The largest absolute Gasteiger partial charge is 0.408 e. The fourth-order valence-electron chi connectivity index (χ4n) is 3.23. The monoisotopic (exact) mass is 410 g/mol. The van der Waals surface area contributed by atoms with E-state index in [1.54, 1.807) is 28.8 Å². The van der Waals surface area contributed by atoms with E-state index in [2.05, 4.69) is 15.0 Å². The molecule has 0 aliphatic rings. The van der Waals surface area contributed by atoms with E-state index in [0.717, 1.165) is 6.07 Å². The molecule has 6 nitrogen and oxygen atoms in total. The van der Waals surface area contributed by atoms with Gasteiger partial charge in [-0.05, 0) is 31.2 Å². The van der Waals surface area contributed by atoms with Gasteiger partial charge in [0.1, 0.15) is 0 Å². The predicted octanol–water partition coefficient (Wildman–Crippen LogP) is 5.51. The minimum Gasteiger partial charge on any atom is -0.340 e. The number of carbonyl (C=O) groups excluding carboxylic acids is 1. The molecule has 2 aromatic carbocycles. The summed E-state index contributed by atoms with van der Waals surface area (Å²) >= 11 is 0. The first-order chi connectivity index (χ1) is 14.3. The van der Waals surface area contributed by atoms with Gasteiger partial charge in [0.05, 0.1) is 18.7 Å². The molecule has 4 aromatic rings. The number of alkyl halides is 3. The lowest BCUT2D eigenvalue weighted by Crippen LogP contribution is -2.06. The predicted molar refractivity (Wildman–Crippen MR) is 102 cm³/mol. The highest BCUT2D eigenvalue weighted by atomic mass is 19.4. The maximum absolute atomic E-state index is 13.5. The van der Waals surface area contributed by atoms with E-state index >= 15 is 0 Å². The molecular formula is C21H13F3N4O2. The molecule has 0 N–H and O–H groups in total. The van der Waals surface area contributed by atoms with Crippen molar-refractivity contribution in [1.82, 2.24) is 14.7 Å². The van der Waals surface area contributed by atoms with E-state index in [1.165, 1.54) is 25.3 Å². The average Bonchev–Trinajstić information content (AvgIpc) is 3.34. The number of ketones is 1. The molecule has 0 spiro atoms. The number of fused-ring (bicyclic) bond motifs is 1. The average molecular weight is 410 g/mol. The van der Waals surface area contributed by atoms with Crippen LogP contribution in [0.1, 0.15) is 28.7 Å². The van der Waals surface area contributed by atoms with Crippen LogP contribution in [-0.2, 0) is 12.7 Å². The third kappa shape index (κ3) is 3.43. The zero-order valence-electron chi connectivity index (χ0n) is 15.6. The van der Waals surface area contributed by atoms with E-state index in [4.69, 9.17) is 11.1 Å². The normalized spacial score (nSPS) is 11.6. The molecule has 0 bridgehead atoms. The highest BCUT2D eigenvalue weighted by molar-refractivity contribution is 5.94. The van der Waals surface area contributed by atoms with Crippen LogP contribution in [0.3, 0.4) is 0 Å². The Bertz CT molecular complexity index is 1290. The molecule has 0 amide bonds. The Kier molecular flexibility index (Phi) is 4.62. The van der Waals surface area contributed by atoms with Crippen molar-refractivity contribution >= 4 is 22.4 Å². The zero-order chi connectivity index (χ0) is 21.5. The van der Waals surface area contributed by atoms with Gasteiger partial charge >= 0.3 is 6.18 Å². The number of hydrogen-bond donors (Lipinski definition) is 0. The minimum atomic E-state index is -4.64. The van der Waals surface area contributed by atoms with Crippen LogP contribution >= 0.6 is 0 Å². The molecule has 30 heavy (non-hydrogen) atoms. The number of benzene rings is 2. The van der Waals surface area contributed by atoms with Gasteiger partial charge < -0.3 is 9.09 Å². The van der Waals surface area contributed by atoms with Crippen LogP contribution in [0.2, 0.25) is 0 Å². The summed E-state index contributed by atoms with van der Waals surface area (Å²) in [5.41, 5.74) is 0.0947. The maximum Gasteiger partial charge on any atom is 0.408 e. The first kappa shape index (κ1) is 19.4. The Morgan fingerprint density at radius 1 is 1.17 bits per heavy atom. The summed E-state index contributed by atoms with van der Waals surface area (Å²) in [5.74, 6) is 0.454. The van der Waals surface area contributed by atoms with Crippen molar-refractivity contribution in [1.29, 1.82) is 0 Å². The van der Waals surface area contributed by atoms with Gasteiger partial charge in [-0.1, -0.05) is 23.4 Å². The summed E-state index contributed by atoms with van der Waals surface area (Å²) in [6, 6.07) is 10.6. The molecule has 150 valence electrons. The lowest BCUT2D eigenvalue weighted by molar-refractivity contribution is -0.135. The summed E-state index contributed by atoms with van der Waals surface area (Å²) in [7, 11) is 0. The summed E-state index contributed by atoms with van der Waals surface area (Å²) in [6.45, 7) is 8.57. The van der Waals surface area contributed by atoms with Crippen LogP contribution in [0.25, 0.3) is 27.2 Å². The number of halogens is 3. The van der Waals surface area contributed by atoms with Gasteiger partial charge in [-0.15, -0.1) is 0 Å². The van der Waals surface area contributed by atoms with Gasteiger partial charge in [0.25, 0.3) is 5.89 Å². The number of hydrogen-bond acceptors (Lipinski definition) is 4. The van der Waals surface area contributed by atoms with E-state index in [9.17, 15) is 18.0 Å². The fraction of sp³-hybridized carbons (Fsp3) is 0.143. The van der Waals surface area contributed by atoms with Crippen LogP contribution in [0.4, 0.5) is 18.9 Å². The van der Waals surface area contributed by atoms with E-state index < -0.39 is 17.4 Å². The van der Waals surface area contributed by atoms with E-state index in [-0.39, 0.29) is 29.4 Å². The van der Waals surface area contributed by atoms with Crippen molar-refractivity contribution in [2.24, 2.45) is 0 Å². The van der Waals surface area contributed by atoms with Crippen molar-refractivity contribution in [3.8, 4) is 11.5 Å². The van der Waals surface area contributed by atoms with Crippen molar-refractivity contribution in [2.75, 3.05) is 0 Å². The number of nitrogens with zero attached hydrogens (tertiary/aromatic N) is 4. The maximum atomic E-state index is 13.5. The van der Waals surface area contributed by atoms with Crippen LogP contribution in [0, 0.1) is 6.57 Å². The first-order valence-electron chi connectivity index (χ1n) is 8.78. The van der Waals surface area contributed by atoms with Crippen LogP contribution in [0.15, 0.2) is 53.2 Å². The molecule has 0 saturated carbocycles. The van der Waals surface area contributed by atoms with Crippen LogP contribution in [-0.4, -0.2) is 20.5 Å². The van der Waals surface area contributed by atoms with Crippen molar-refractivity contribution < 1.29 is 22.5 Å². The molecule has 9 heteroatoms. The third-order valence-electron chi connectivity index (χ3n) is 4.65. The Morgan fingerprint density at radius 3 is 2.53 bits per heavy atom. The Balaban J connectivity index is 1.66. The van der Waals surface area contributed by atoms with Gasteiger partial charge in [0.15, 0.2) is 17.3 Å². The molecule has 0 aliphatic heterocycles. The highest BCUT2D eigenvalue weighted by Crippen LogP contribution is 2.41. The second-order valence-corrected chi connectivity index (χ2v) is 6.59. The number of carbonyl (C=O) groups is 1. The summed E-state index contributed by atoms with van der Waals surface area (Å²) in [5, 5.41) is 3.84. The summed E-state index contributed by atoms with van der Waals surface area (Å²) < 4.78 is 47.2. The Labute approximate surface area is 168 Å². The molecular weight excluding hydrogens is 397 g/mol. The second kappa shape index (κ2) is 7.15. The quantitative estimate of drug-likeness (QED) is 0.329. The molecule has 2 aromatic heterocycles. The Morgan fingerprint density at radius 2 is 1.90 bits per heavy atom. The number of rotatable bonds is 4. The topological polar surface area (TPSA) is 65.3 Å². The van der Waals surface area contributed by atoms with Crippen molar-refractivity contribution in [2.45, 2.75) is 19.6 Å². The van der Waals surface area contributed by atoms with Gasteiger partial charge in [-0.2, -0.15) is 18.2 Å². The number of Topliss-reactive ketones (excluding diaryl/α,β-unsaturated/α-hetero) is 1.